The lowest BCUT2D eigenvalue weighted by Crippen LogP contribution is -2.33. The molecular formula is C11H17BrN2O2S. The zero-order chi connectivity index (χ0) is 13.1. The van der Waals surface area contributed by atoms with Gasteiger partial charge in [-0.3, -0.25) is 4.72 Å². The summed E-state index contributed by atoms with van der Waals surface area (Å²) in [5.74, 6) is 0. The van der Waals surface area contributed by atoms with E-state index >= 15 is 0 Å². The van der Waals surface area contributed by atoms with Gasteiger partial charge in [-0.2, -0.15) is 0 Å². The fourth-order valence-corrected chi connectivity index (χ4v) is 3.15. The molecule has 0 heterocycles. The molecule has 4 nitrogen and oxygen atoms in total. The van der Waals surface area contributed by atoms with Crippen LogP contribution in [0.15, 0.2) is 22.7 Å². The Balaban J connectivity index is 2.90. The number of hydrogen-bond acceptors (Lipinski definition) is 3. The van der Waals surface area contributed by atoms with E-state index in [0.717, 1.165) is 10.0 Å². The standard InChI is InChI=1S/C11H17BrN2O2S/c1-8-4-5-11(10(12)6-8)14-17(15,16)9(2)7-13-3/h4-6,9,13-14H,7H2,1-3H3. The van der Waals surface area contributed by atoms with Crippen molar-refractivity contribution in [3.05, 3.63) is 28.2 Å². The lowest BCUT2D eigenvalue weighted by Gasteiger charge is -2.15. The van der Waals surface area contributed by atoms with Crippen molar-refractivity contribution in [2.75, 3.05) is 18.3 Å². The summed E-state index contributed by atoms with van der Waals surface area (Å²) >= 11 is 3.35. The number of anilines is 1. The van der Waals surface area contributed by atoms with E-state index in [0.29, 0.717) is 12.2 Å². The Morgan fingerprint density at radius 3 is 2.59 bits per heavy atom. The van der Waals surface area contributed by atoms with Crippen LogP contribution in [0.4, 0.5) is 5.69 Å². The van der Waals surface area contributed by atoms with E-state index in [1.54, 1.807) is 20.0 Å². The number of sulfonamides is 1. The zero-order valence-electron chi connectivity index (χ0n) is 10.1. The van der Waals surface area contributed by atoms with Gasteiger partial charge in [-0.05, 0) is 54.5 Å². The third kappa shape index (κ3) is 3.97. The first-order valence-corrected chi connectivity index (χ1v) is 7.63. The highest BCUT2D eigenvalue weighted by molar-refractivity contribution is 9.10. The highest BCUT2D eigenvalue weighted by Crippen LogP contribution is 2.24. The van der Waals surface area contributed by atoms with Crippen LogP contribution >= 0.6 is 15.9 Å². The summed E-state index contributed by atoms with van der Waals surface area (Å²) in [4.78, 5) is 0. The smallest absolute Gasteiger partial charge is 0.236 e. The second kappa shape index (κ2) is 5.84. The quantitative estimate of drug-likeness (QED) is 0.873. The highest BCUT2D eigenvalue weighted by atomic mass is 79.9. The van der Waals surface area contributed by atoms with E-state index in [-0.39, 0.29) is 0 Å². The maximum atomic E-state index is 12.0. The molecule has 0 amide bonds. The topological polar surface area (TPSA) is 58.2 Å². The number of hydrogen-bond donors (Lipinski definition) is 2. The van der Waals surface area contributed by atoms with Crippen molar-refractivity contribution in [2.24, 2.45) is 0 Å². The summed E-state index contributed by atoms with van der Waals surface area (Å²) in [6.07, 6.45) is 0. The molecule has 0 spiro atoms. The van der Waals surface area contributed by atoms with E-state index in [1.807, 2.05) is 19.1 Å². The van der Waals surface area contributed by atoms with Gasteiger partial charge in [-0.1, -0.05) is 6.07 Å². The minimum absolute atomic E-state index is 0.415. The monoisotopic (exact) mass is 320 g/mol. The van der Waals surface area contributed by atoms with Crippen LogP contribution in [0.2, 0.25) is 0 Å². The summed E-state index contributed by atoms with van der Waals surface area (Å²) < 4.78 is 27.2. The molecule has 0 saturated heterocycles. The molecule has 0 aliphatic carbocycles. The van der Waals surface area contributed by atoms with Gasteiger partial charge in [0.15, 0.2) is 0 Å². The molecule has 0 fully saturated rings. The first-order chi connectivity index (χ1) is 7.86. The van der Waals surface area contributed by atoms with Crippen molar-refractivity contribution in [3.63, 3.8) is 0 Å². The normalized spacial score (nSPS) is 13.4. The number of aryl methyl sites for hydroxylation is 1. The largest absolute Gasteiger partial charge is 0.318 e. The Labute approximate surface area is 111 Å². The molecule has 0 aromatic heterocycles. The fraction of sp³-hybridized carbons (Fsp3) is 0.455. The van der Waals surface area contributed by atoms with Crippen LogP contribution < -0.4 is 10.0 Å². The first-order valence-electron chi connectivity index (χ1n) is 5.29. The van der Waals surface area contributed by atoms with Gasteiger partial charge in [-0.15, -0.1) is 0 Å². The molecule has 17 heavy (non-hydrogen) atoms. The summed E-state index contributed by atoms with van der Waals surface area (Å²) in [6, 6.07) is 5.50. The molecule has 0 saturated carbocycles. The Bertz CT molecular complexity index is 488. The Morgan fingerprint density at radius 2 is 2.06 bits per heavy atom. The van der Waals surface area contributed by atoms with Crippen molar-refractivity contribution in [1.29, 1.82) is 0 Å². The number of rotatable bonds is 5. The molecule has 6 heteroatoms. The summed E-state index contributed by atoms with van der Waals surface area (Å²) in [5, 5.41) is 2.37. The third-order valence-electron chi connectivity index (χ3n) is 2.40. The van der Waals surface area contributed by atoms with Gasteiger partial charge < -0.3 is 5.32 Å². The van der Waals surface area contributed by atoms with Crippen molar-refractivity contribution in [1.82, 2.24) is 5.32 Å². The molecule has 0 bridgehead atoms. The van der Waals surface area contributed by atoms with Crippen LogP contribution in [0.3, 0.4) is 0 Å². The number of benzene rings is 1. The van der Waals surface area contributed by atoms with Gasteiger partial charge in [0.25, 0.3) is 0 Å². The van der Waals surface area contributed by atoms with Crippen LogP contribution in [-0.4, -0.2) is 27.3 Å². The summed E-state index contributed by atoms with van der Waals surface area (Å²) in [7, 11) is -1.62. The van der Waals surface area contributed by atoms with Crippen LogP contribution in [0.1, 0.15) is 12.5 Å². The lowest BCUT2D eigenvalue weighted by molar-refractivity contribution is 0.583. The Hall–Kier alpha value is -0.590. The minimum Gasteiger partial charge on any atom is -0.318 e. The van der Waals surface area contributed by atoms with Gasteiger partial charge in [0, 0.05) is 11.0 Å². The van der Waals surface area contributed by atoms with E-state index in [4.69, 9.17) is 0 Å². The van der Waals surface area contributed by atoms with Gasteiger partial charge in [0.1, 0.15) is 0 Å². The highest BCUT2D eigenvalue weighted by Gasteiger charge is 2.20. The van der Waals surface area contributed by atoms with Gasteiger partial charge in [0.2, 0.25) is 10.0 Å². The molecule has 2 N–H and O–H groups in total. The summed E-state index contributed by atoms with van der Waals surface area (Å²) in [5.41, 5.74) is 1.64. The van der Waals surface area contributed by atoms with Crippen LogP contribution in [0.5, 0.6) is 0 Å². The Morgan fingerprint density at radius 1 is 1.41 bits per heavy atom. The van der Waals surface area contributed by atoms with Crippen molar-refractivity contribution >= 4 is 31.6 Å². The predicted octanol–water partition coefficient (Wildman–Crippen LogP) is 2.11. The molecule has 1 aromatic carbocycles. The lowest BCUT2D eigenvalue weighted by atomic mass is 10.2. The maximum Gasteiger partial charge on any atom is 0.236 e. The second-order valence-corrected chi connectivity index (χ2v) is 6.95. The van der Waals surface area contributed by atoms with Crippen molar-refractivity contribution in [3.8, 4) is 0 Å². The first kappa shape index (κ1) is 14.5. The molecule has 0 aliphatic heterocycles. The van der Waals surface area contributed by atoms with E-state index < -0.39 is 15.3 Å². The molecule has 1 atom stereocenters. The molecule has 0 radical (unpaired) electrons. The summed E-state index contributed by atoms with van der Waals surface area (Å²) in [6.45, 7) is 4.03. The molecule has 96 valence electrons. The average Bonchev–Trinajstić information content (AvgIpc) is 2.22. The third-order valence-corrected chi connectivity index (χ3v) is 4.78. The molecular weight excluding hydrogens is 304 g/mol. The fourth-order valence-electron chi connectivity index (χ4n) is 1.35. The van der Waals surface area contributed by atoms with Gasteiger partial charge in [-0.25, -0.2) is 8.42 Å². The van der Waals surface area contributed by atoms with E-state index in [2.05, 4.69) is 26.0 Å². The Kier molecular flexibility index (Phi) is 4.97. The van der Waals surface area contributed by atoms with Crippen LogP contribution in [0.25, 0.3) is 0 Å². The molecule has 1 unspecified atom stereocenters. The van der Waals surface area contributed by atoms with Crippen molar-refractivity contribution < 1.29 is 8.42 Å². The predicted molar refractivity (Wildman–Crippen MR) is 74.8 cm³/mol. The van der Waals surface area contributed by atoms with Gasteiger partial charge >= 0.3 is 0 Å². The van der Waals surface area contributed by atoms with E-state index in [1.165, 1.54) is 0 Å². The second-order valence-electron chi connectivity index (χ2n) is 4.00. The number of halogens is 1. The minimum atomic E-state index is -3.35. The van der Waals surface area contributed by atoms with E-state index in [9.17, 15) is 8.42 Å². The molecule has 1 aromatic rings. The zero-order valence-corrected chi connectivity index (χ0v) is 12.5. The van der Waals surface area contributed by atoms with Gasteiger partial charge in [0.05, 0.1) is 10.9 Å². The van der Waals surface area contributed by atoms with Crippen molar-refractivity contribution in [2.45, 2.75) is 19.1 Å². The molecule has 0 aliphatic rings. The van der Waals surface area contributed by atoms with Crippen LogP contribution in [-0.2, 0) is 10.0 Å². The van der Waals surface area contributed by atoms with Crippen LogP contribution in [0, 0.1) is 6.92 Å². The maximum absolute atomic E-state index is 12.0. The number of nitrogens with one attached hydrogen (secondary N) is 2. The molecule has 1 rings (SSSR count). The SMILES string of the molecule is CNCC(C)S(=O)(=O)Nc1ccc(C)cc1Br. The average molecular weight is 321 g/mol.